The van der Waals surface area contributed by atoms with E-state index < -0.39 is 17.7 Å². The highest BCUT2D eigenvalue weighted by molar-refractivity contribution is 9.10. The van der Waals surface area contributed by atoms with Gasteiger partial charge in [-0.1, -0.05) is 28.1 Å². The first-order valence-electron chi connectivity index (χ1n) is 5.91. The van der Waals surface area contributed by atoms with E-state index in [1.165, 1.54) is 0 Å². The molecule has 0 aliphatic heterocycles. The molecule has 0 amide bonds. The number of rotatable bonds is 4. The van der Waals surface area contributed by atoms with E-state index in [9.17, 15) is 13.9 Å². The summed E-state index contributed by atoms with van der Waals surface area (Å²) in [5.41, 5.74) is 1.15. The molecule has 2 rings (SSSR count). The number of aliphatic hydroxyl groups is 1. The lowest BCUT2D eigenvalue weighted by Gasteiger charge is -2.11. The van der Waals surface area contributed by atoms with Gasteiger partial charge in [-0.15, -0.1) is 0 Å². The van der Waals surface area contributed by atoms with Crippen molar-refractivity contribution in [2.75, 3.05) is 0 Å². The number of aliphatic hydroxyl groups excluding tert-OH is 1. The molecule has 4 heteroatoms. The zero-order chi connectivity index (χ0) is 13.8. The fourth-order valence-electron chi connectivity index (χ4n) is 1.92. The largest absolute Gasteiger partial charge is 0.392 e. The predicted octanol–water partition coefficient (Wildman–Crippen LogP) is 3.87. The summed E-state index contributed by atoms with van der Waals surface area (Å²) in [5, 5.41) is 9.94. The van der Waals surface area contributed by atoms with Gasteiger partial charge in [-0.3, -0.25) is 0 Å². The van der Waals surface area contributed by atoms with Crippen LogP contribution < -0.4 is 0 Å². The smallest absolute Gasteiger partial charge is 0.126 e. The van der Waals surface area contributed by atoms with Gasteiger partial charge < -0.3 is 5.11 Å². The maximum Gasteiger partial charge on any atom is 0.126 e. The van der Waals surface area contributed by atoms with Gasteiger partial charge in [-0.2, -0.15) is 0 Å². The quantitative estimate of drug-likeness (QED) is 0.904. The van der Waals surface area contributed by atoms with E-state index in [0.29, 0.717) is 6.42 Å². The fraction of sp³-hybridized carbons (Fsp3) is 0.200. The number of benzene rings is 2. The molecule has 0 fully saturated rings. The van der Waals surface area contributed by atoms with E-state index >= 15 is 0 Å². The SMILES string of the molecule is OC(Cc1ccc(Br)cc1)Cc1cc(F)ccc1F. The topological polar surface area (TPSA) is 20.2 Å². The maximum atomic E-state index is 13.4. The van der Waals surface area contributed by atoms with Crippen LogP contribution in [0, 0.1) is 11.6 Å². The molecule has 0 saturated heterocycles. The fourth-order valence-corrected chi connectivity index (χ4v) is 2.18. The van der Waals surface area contributed by atoms with Crippen molar-refractivity contribution in [2.24, 2.45) is 0 Å². The lowest BCUT2D eigenvalue weighted by molar-refractivity contribution is 0.174. The van der Waals surface area contributed by atoms with Gasteiger partial charge in [0.05, 0.1) is 6.10 Å². The van der Waals surface area contributed by atoms with Crippen LogP contribution in [0.25, 0.3) is 0 Å². The Kier molecular flexibility index (Phi) is 4.66. The molecule has 0 bridgehead atoms. The Labute approximate surface area is 119 Å². The molecular formula is C15H13BrF2O. The average molecular weight is 327 g/mol. The number of hydrogen-bond acceptors (Lipinski definition) is 1. The molecule has 100 valence electrons. The molecule has 0 heterocycles. The first-order chi connectivity index (χ1) is 9.04. The van der Waals surface area contributed by atoms with Gasteiger partial charge in [0, 0.05) is 10.9 Å². The lowest BCUT2D eigenvalue weighted by Crippen LogP contribution is -2.15. The van der Waals surface area contributed by atoms with Crippen LogP contribution in [0.4, 0.5) is 8.78 Å². The minimum atomic E-state index is -0.738. The summed E-state index contributed by atoms with van der Waals surface area (Å²) in [7, 11) is 0. The standard InChI is InChI=1S/C15H13BrF2O/c16-12-3-1-10(2-4-12)7-14(19)9-11-8-13(17)5-6-15(11)18/h1-6,8,14,19H,7,9H2. The Morgan fingerprint density at radius 3 is 2.37 bits per heavy atom. The first kappa shape index (κ1) is 14.2. The first-order valence-corrected chi connectivity index (χ1v) is 6.70. The third-order valence-electron chi connectivity index (χ3n) is 2.85. The van der Waals surface area contributed by atoms with Crippen LogP contribution in [0.5, 0.6) is 0 Å². The molecule has 1 unspecified atom stereocenters. The molecule has 19 heavy (non-hydrogen) atoms. The van der Waals surface area contributed by atoms with Crippen molar-refractivity contribution >= 4 is 15.9 Å². The predicted molar refractivity (Wildman–Crippen MR) is 73.9 cm³/mol. The third kappa shape index (κ3) is 4.11. The van der Waals surface area contributed by atoms with Gasteiger partial charge in [0.15, 0.2) is 0 Å². The molecule has 0 aromatic heterocycles. The van der Waals surface area contributed by atoms with Gasteiger partial charge in [-0.25, -0.2) is 8.78 Å². The van der Waals surface area contributed by atoms with Crippen molar-refractivity contribution in [1.29, 1.82) is 0 Å². The van der Waals surface area contributed by atoms with Gasteiger partial charge in [0.1, 0.15) is 11.6 Å². The van der Waals surface area contributed by atoms with Crippen molar-refractivity contribution in [3.05, 3.63) is 69.7 Å². The normalized spacial score (nSPS) is 12.4. The monoisotopic (exact) mass is 326 g/mol. The van der Waals surface area contributed by atoms with Crippen molar-refractivity contribution < 1.29 is 13.9 Å². The highest BCUT2D eigenvalue weighted by atomic mass is 79.9. The number of halogens is 3. The average Bonchev–Trinajstić information content (AvgIpc) is 2.37. The molecule has 0 saturated carbocycles. The third-order valence-corrected chi connectivity index (χ3v) is 3.38. The van der Waals surface area contributed by atoms with E-state index in [4.69, 9.17) is 0 Å². The number of hydrogen-bond donors (Lipinski definition) is 1. The van der Waals surface area contributed by atoms with Crippen LogP contribution in [0.15, 0.2) is 46.9 Å². The molecule has 0 aliphatic carbocycles. The summed E-state index contributed by atoms with van der Waals surface area (Å²) >= 11 is 3.33. The van der Waals surface area contributed by atoms with Crippen LogP contribution in [-0.4, -0.2) is 11.2 Å². The molecule has 0 spiro atoms. The van der Waals surface area contributed by atoms with Crippen LogP contribution in [-0.2, 0) is 12.8 Å². The van der Waals surface area contributed by atoms with E-state index in [-0.39, 0.29) is 12.0 Å². The minimum Gasteiger partial charge on any atom is -0.392 e. The van der Waals surface area contributed by atoms with Crippen molar-refractivity contribution in [1.82, 2.24) is 0 Å². The van der Waals surface area contributed by atoms with Crippen molar-refractivity contribution in [2.45, 2.75) is 18.9 Å². The van der Waals surface area contributed by atoms with E-state index in [1.54, 1.807) is 0 Å². The van der Waals surface area contributed by atoms with Crippen LogP contribution in [0.1, 0.15) is 11.1 Å². The van der Waals surface area contributed by atoms with Gasteiger partial charge in [0.2, 0.25) is 0 Å². The molecule has 1 nitrogen and oxygen atoms in total. The minimum absolute atomic E-state index is 0.0969. The Morgan fingerprint density at radius 2 is 1.68 bits per heavy atom. The Bertz CT molecular complexity index is 555. The van der Waals surface area contributed by atoms with E-state index in [2.05, 4.69) is 15.9 Å². The van der Waals surface area contributed by atoms with Crippen LogP contribution >= 0.6 is 15.9 Å². The molecule has 2 aromatic carbocycles. The Balaban J connectivity index is 2.02. The summed E-state index contributed by atoms with van der Waals surface area (Å²) in [6.45, 7) is 0. The summed E-state index contributed by atoms with van der Waals surface area (Å²) in [6, 6.07) is 10.8. The lowest BCUT2D eigenvalue weighted by atomic mass is 10.0. The molecular weight excluding hydrogens is 314 g/mol. The van der Waals surface area contributed by atoms with Gasteiger partial charge >= 0.3 is 0 Å². The highest BCUT2D eigenvalue weighted by Gasteiger charge is 2.11. The zero-order valence-electron chi connectivity index (χ0n) is 10.1. The summed E-state index contributed by atoms with van der Waals surface area (Å²) < 4.78 is 27.4. The molecule has 1 N–H and O–H groups in total. The second-order valence-electron chi connectivity index (χ2n) is 4.42. The van der Waals surface area contributed by atoms with Crippen molar-refractivity contribution in [3.8, 4) is 0 Å². The second kappa shape index (κ2) is 6.26. The van der Waals surface area contributed by atoms with Crippen molar-refractivity contribution in [3.63, 3.8) is 0 Å². The highest BCUT2D eigenvalue weighted by Crippen LogP contribution is 2.16. The van der Waals surface area contributed by atoms with E-state index in [0.717, 1.165) is 28.2 Å². The Hall–Kier alpha value is -1.26. The van der Waals surface area contributed by atoms with E-state index in [1.807, 2.05) is 24.3 Å². The Morgan fingerprint density at radius 1 is 1.00 bits per heavy atom. The molecule has 0 radical (unpaired) electrons. The summed E-state index contributed by atoms with van der Waals surface area (Å²) in [5.74, 6) is -0.983. The van der Waals surface area contributed by atoms with Gasteiger partial charge in [0.25, 0.3) is 0 Å². The van der Waals surface area contributed by atoms with Crippen LogP contribution in [0.2, 0.25) is 0 Å². The molecule has 0 aliphatic rings. The van der Waals surface area contributed by atoms with Gasteiger partial charge in [-0.05, 0) is 47.9 Å². The maximum absolute atomic E-state index is 13.4. The second-order valence-corrected chi connectivity index (χ2v) is 5.34. The summed E-state index contributed by atoms with van der Waals surface area (Å²) in [6.07, 6.45) is -0.236. The van der Waals surface area contributed by atoms with Crippen LogP contribution in [0.3, 0.4) is 0 Å². The molecule has 2 aromatic rings. The molecule has 1 atom stereocenters. The summed E-state index contributed by atoms with van der Waals surface area (Å²) in [4.78, 5) is 0. The zero-order valence-corrected chi connectivity index (χ0v) is 11.7.